The fourth-order valence-electron chi connectivity index (χ4n) is 0.964. The first kappa shape index (κ1) is 10.0. The summed E-state index contributed by atoms with van der Waals surface area (Å²) < 4.78 is 23.2. The summed E-state index contributed by atoms with van der Waals surface area (Å²) in [6.07, 6.45) is 2.61. The van der Waals surface area contributed by atoms with Gasteiger partial charge in [0.2, 0.25) is 15.0 Å². The van der Waals surface area contributed by atoms with Gasteiger partial charge in [0.25, 0.3) is 0 Å². The third-order valence-corrected chi connectivity index (χ3v) is 3.96. The van der Waals surface area contributed by atoms with E-state index in [0.717, 1.165) is 15.4 Å². The highest BCUT2D eigenvalue weighted by Gasteiger charge is 2.12. The lowest BCUT2D eigenvalue weighted by atomic mass is 10.4. The van der Waals surface area contributed by atoms with Gasteiger partial charge in [0.05, 0.1) is 3.79 Å². The minimum Gasteiger partial charge on any atom is -0.226 e. The molecule has 0 spiro atoms. The van der Waals surface area contributed by atoms with Gasteiger partial charge >= 0.3 is 0 Å². The second kappa shape index (κ2) is 3.25. The van der Waals surface area contributed by atoms with Crippen LogP contribution in [0.1, 0.15) is 0 Å². The van der Waals surface area contributed by atoms with Crippen molar-refractivity contribution in [2.75, 3.05) is 6.26 Å². The van der Waals surface area contributed by atoms with Crippen molar-refractivity contribution in [2.24, 2.45) is 0 Å². The van der Waals surface area contributed by atoms with Crippen molar-refractivity contribution in [3.63, 3.8) is 0 Å². The zero-order chi connectivity index (χ0) is 10.3. The number of nitrogens with zero attached hydrogens (tertiary/aromatic N) is 2. The van der Waals surface area contributed by atoms with E-state index in [4.69, 9.17) is 0 Å². The monoisotopic (exact) mass is 292 g/mol. The number of rotatable bonds is 1. The van der Waals surface area contributed by atoms with Gasteiger partial charge in [0.1, 0.15) is 4.83 Å². The molecule has 14 heavy (non-hydrogen) atoms. The van der Waals surface area contributed by atoms with E-state index in [0.29, 0.717) is 4.83 Å². The Balaban J connectivity index is 2.74. The van der Waals surface area contributed by atoms with Crippen LogP contribution in [0.3, 0.4) is 0 Å². The molecule has 0 saturated heterocycles. The first-order valence-corrected chi connectivity index (χ1v) is 7.09. The average Bonchev–Trinajstić information content (AvgIpc) is 2.41. The van der Waals surface area contributed by atoms with Crippen LogP contribution in [0.4, 0.5) is 0 Å². The molecule has 2 aromatic heterocycles. The van der Waals surface area contributed by atoms with Crippen molar-refractivity contribution in [3.05, 3.63) is 16.0 Å². The predicted molar refractivity (Wildman–Crippen MR) is 58.2 cm³/mol. The van der Waals surface area contributed by atoms with E-state index in [1.165, 1.54) is 17.5 Å². The molecule has 2 heterocycles. The van der Waals surface area contributed by atoms with Gasteiger partial charge in [-0.2, -0.15) is 0 Å². The highest BCUT2D eigenvalue weighted by molar-refractivity contribution is 9.11. The smallest absolute Gasteiger partial charge is 0.226 e. The number of thiophene rings is 1. The molecule has 0 N–H and O–H groups in total. The van der Waals surface area contributed by atoms with Crippen LogP contribution in [0.5, 0.6) is 0 Å². The van der Waals surface area contributed by atoms with Gasteiger partial charge in [-0.15, -0.1) is 11.3 Å². The molecule has 0 aliphatic rings. The van der Waals surface area contributed by atoms with E-state index < -0.39 is 9.84 Å². The molecule has 0 fully saturated rings. The predicted octanol–water partition coefficient (Wildman–Crippen LogP) is 1.86. The topological polar surface area (TPSA) is 59.9 Å². The van der Waals surface area contributed by atoms with E-state index in [2.05, 4.69) is 25.9 Å². The van der Waals surface area contributed by atoms with Crippen LogP contribution < -0.4 is 0 Å². The summed E-state index contributed by atoms with van der Waals surface area (Å²) in [6.45, 7) is 0. The SMILES string of the molecule is CS(=O)(=O)c1ncc2cc(Br)sc2n1. The Kier molecular flexibility index (Phi) is 2.32. The number of fused-ring (bicyclic) bond motifs is 1. The Morgan fingerprint density at radius 2 is 2.21 bits per heavy atom. The summed E-state index contributed by atoms with van der Waals surface area (Å²) in [5, 5.41) is 0.716. The van der Waals surface area contributed by atoms with Crippen molar-refractivity contribution in [2.45, 2.75) is 5.16 Å². The second-order valence-electron chi connectivity index (χ2n) is 2.74. The third-order valence-electron chi connectivity index (χ3n) is 1.55. The Morgan fingerprint density at radius 1 is 1.50 bits per heavy atom. The first-order chi connectivity index (χ1) is 6.47. The van der Waals surface area contributed by atoms with Crippen molar-refractivity contribution in [3.8, 4) is 0 Å². The molecule has 7 heteroatoms. The van der Waals surface area contributed by atoms with Crippen molar-refractivity contribution < 1.29 is 8.42 Å². The minimum absolute atomic E-state index is 0.126. The van der Waals surface area contributed by atoms with Gasteiger partial charge in [0.15, 0.2) is 0 Å². The number of halogens is 1. The summed E-state index contributed by atoms with van der Waals surface area (Å²) in [5.74, 6) is 0. The maximum atomic E-state index is 11.2. The van der Waals surface area contributed by atoms with Gasteiger partial charge in [0, 0.05) is 17.8 Å². The van der Waals surface area contributed by atoms with Crippen molar-refractivity contribution >= 4 is 47.3 Å². The molecule has 4 nitrogen and oxygen atoms in total. The Hall–Kier alpha value is -0.530. The number of hydrogen-bond donors (Lipinski definition) is 0. The van der Waals surface area contributed by atoms with Crippen LogP contribution in [-0.4, -0.2) is 24.6 Å². The van der Waals surface area contributed by atoms with E-state index in [1.807, 2.05) is 6.07 Å². The highest BCUT2D eigenvalue weighted by Crippen LogP contribution is 2.27. The van der Waals surface area contributed by atoms with Gasteiger partial charge in [-0.25, -0.2) is 18.4 Å². The number of hydrogen-bond acceptors (Lipinski definition) is 5. The maximum absolute atomic E-state index is 11.2. The van der Waals surface area contributed by atoms with Crippen molar-refractivity contribution in [1.29, 1.82) is 0 Å². The van der Waals surface area contributed by atoms with Crippen LogP contribution >= 0.6 is 27.3 Å². The zero-order valence-corrected chi connectivity index (χ0v) is 10.3. The lowest BCUT2D eigenvalue weighted by molar-refractivity contribution is 0.594. The molecule has 0 aliphatic carbocycles. The fourth-order valence-corrected chi connectivity index (χ4v) is 2.96. The molecule has 0 saturated carbocycles. The van der Waals surface area contributed by atoms with Gasteiger partial charge in [-0.05, 0) is 22.0 Å². The lowest BCUT2D eigenvalue weighted by Gasteiger charge is -1.94. The molecule has 0 aliphatic heterocycles. The Bertz CT molecular complexity index is 591. The zero-order valence-electron chi connectivity index (χ0n) is 7.06. The largest absolute Gasteiger partial charge is 0.248 e. The molecule has 0 atom stereocenters. The molecular weight excluding hydrogens is 288 g/mol. The third kappa shape index (κ3) is 1.79. The Labute approximate surface area is 93.1 Å². The Morgan fingerprint density at radius 3 is 2.86 bits per heavy atom. The summed E-state index contributed by atoms with van der Waals surface area (Å²) >= 11 is 4.68. The standard InChI is InChI=1S/C7H5BrN2O2S2/c1-14(11,12)7-9-3-4-2-5(8)13-6(4)10-7/h2-3H,1H3. The van der Waals surface area contributed by atoms with Gasteiger partial charge in [-0.3, -0.25) is 0 Å². The summed E-state index contributed by atoms with van der Waals surface area (Å²) in [7, 11) is -3.32. The lowest BCUT2D eigenvalue weighted by Crippen LogP contribution is -2.02. The van der Waals surface area contributed by atoms with Gasteiger partial charge < -0.3 is 0 Å². The summed E-state index contributed by atoms with van der Waals surface area (Å²) in [6, 6.07) is 1.85. The fraction of sp³-hybridized carbons (Fsp3) is 0.143. The van der Waals surface area contributed by atoms with Crippen LogP contribution in [0, 0.1) is 0 Å². The number of aromatic nitrogens is 2. The van der Waals surface area contributed by atoms with E-state index in [1.54, 1.807) is 0 Å². The quantitative estimate of drug-likeness (QED) is 0.753. The summed E-state index contributed by atoms with van der Waals surface area (Å²) in [5.41, 5.74) is 0. The normalized spacial score (nSPS) is 12.1. The van der Waals surface area contributed by atoms with E-state index in [-0.39, 0.29) is 5.16 Å². The molecule has 0 radical (unpaired) electrons. The molecule has 0 amide bonds. The maximum Gasteiger partial charge on any atom is 0.248 e. The van der Waals surface area contributed by atoms with E-state index in [9.17, 15) is 8.42 Å². The van der Waals surface area contributed by atoms with E-state index >= 15 is 0 Å². The highest BCUT2D eigenvalue weighted by atomic mass is 79.9. The molecular formula is C7H5BrN2O2S2. The van der Waals surface area contributed by atoms with Crippen LogP contribution in [-0.2, 0) is 9.84 Å². The number of sulfone groups is 1. The van der Waals surface area contributed by atoms with Gasteiger partial charge in [-0.1, -0.05) is 0 Å². The molecule has 2 rings (SSSR count). The molecule has 0 bridgehead atoms. The molecule has 74 valence electrons. The molecule has 0 aromatic carbocycles. The first-order valence-electron chi connectivity index (χ1n) is 3.59. The molecule has 2 aromatic rings. The van der Waals surface area contributed by atoms with Crippen LogP contribution in [0.2, 0.25) is 0 Å². The average molecular weight is 293 g/mol. The van der Waals surface area contributed by atoms with Crippen LogP contribution in [0.25, 0.3) is 10.2 Å². The summed E-state index contributed by atoms with van der Waals surface area (Å²) in [4.78, 5) is 8.41. The van der Waals surface area contributed by atoms with Crippen LogP contribution in [0.15, 0.2) is 21.2 Å². The van der Waals surface area contributed by atoms with Crippen molar-refractivity contribution in [1.82, 2.24) is 9.97 Å². The minimum atomic E-state index is -3.32. The molecule has 0 unspecified atom stereocenters. The second-order valence-corrected chi connectivity index (χ2v) is 7.06.